The summed E-state index contributed by atoms with van der Waals surface area (Å²) in [4.78, 5) is 39.5. The van der Waals surface area contributed by atoms with Crippen LogP contribution in [0.2, 0.25) is 20.1 Å². The van der Waals surface area contributed by atoms with Gasteiger partial charge in [0.2, 0.25) is 5.91 Å². The number of thioether (sulfide) groups is 1. The Morgan fingerprint density at radius 2 is 1.45 bits per heavy atom. The van der Waals surface area contributed by atoms with E-state index in [-0.39, 0.29) is 21.0 Å². The molecular formula is C31H24Cl4N2O4S. The van der Waals surface area contributed by atoms with E-state index in [2.05, 4.69) is 10.6 Å². The van der Waals surface area contributed by atoms with Crippen molar-refractivity contribution in [2.75, 3.05) is 10.6 Å². The molecule has 0 radical (unpaired) electrons. The average Bonchev–Trinajstić information content (AvgIpc) is 2.97. The smallest absolute Gasteiger partial charge is 0.338 e. The lowest BCUT2D eigenvalue weighted by molar-refractivity contribution is -0.115. The van der Waals surface area contributed by atoms with Crippen molar-refractivity contribution in [3.05, 3.63) is 121 Å². The minimum Gasteiger partial charge on any atom is -0.478 e. The number of carboxylic acids is 1. The molecule has 0 fully saturated rings. The summed E-state index contributed by atoms with van der Waals surface area (Å²) in [7, 11) is 0. The number of amides is 2. The highest BCUT2D eigenvalue weighted by molar-refractivity contribution is 8.00. The number of anilines is 2. The number of nitrogens with one attached hydrogen (secondary N) is 2. The SMILES string of the molecule is CCc1cccc(C)c1NC(=O)C(Sc1cccc(NC(=O)c2c(Cl)c(Cl)c(Cl)c(Cl)c2C(=O)O)c1)c1ccccc1. The molecule has 0 bridgehead atoms. The molecule has 3 N–H and O–H groups in total. The van der Waals surface area contributed by atoms with Crippen molar-refractivity contribution in [1.29, 1.82) is 0 Å². The molecule has 1 atom stereocenters. The second-order valence-electron chi connectivity index (χ2n) is 9.15. The summed E-state index contributed by atoms with van der Waals surface area (Å²) in [6.07, 6.45) is 0.764. The zero-order valence-electron chi connectivity index (χ0n) is 22.3. The number of hydrogen-bond donors (Lipinski definition) is 3. The van der Waals surface area contributed by atoms with Gasteiger partial charge in [0.25, 0.3) is 5.91 Å². The van der Waals surface area contributed by atoms with Gasteiger partial charge in [-0.25, -0.2) is 4.79 Å². The van der Waals surface area contributed by atoms with E-state index in [9.17, 15) is 19.5 Å². The minimum atomic E-state index is -1.49. The van der Waals surface area contributed by atoms with Gasteiger partial charge in [0.05, 0.1) is 31.2 Å². The average molecular weight is 662 g/mol. The van der Waals surface area contributed by atoms with E-state index in [1.165, 1.54) is 11.8 Å². The van der Waals surface area contributed by atoms with Crippen LogP contribution in [0, 0.1) is 6.92 Å². The Hall–Kier alpha value is -3.20. The lowest BCUT2D eigenvalue weighted by Gasteiger charge is -2.20. The number of rotatable bonds is 9. The van der Waals surface area contributed by atoms with Gasteiger partial charge in [0, 0.05) is 16.3 Å². The number of aromatic carboxylic acids is 1. The summed E-state index contributed by atoms with van der Waals surface area (Å²) in [5.41, 5.74) is 2.93. The van der Waals surface area contributed by atoms with E-state index in [0.29, 0.717) is 10.6 Å². The summed E-state index contributed by atoms with van der Waals surface area (Å²) in [6, 6.07) is 22.1. The van der Waals surface area contributed by atoms with E-state index in [1.807, 2.05) is 62.4 Å². The summed E-state index contributed by atoms with van der Waals surface area (Å²) >= 11 is 25.8. The molecule has 4 rings (SSSR count). The monoisotopic (exact) mass is 660 g/mol. The normalized spacial score (nSPS) is 11.6. The van der Waals surface area contributed by atoms with Crippen LogP contribution in [0.3, 0.4) is 0 Å². The molecule has 4 aromatic carbocycles. The quantitative estimate of drug-likeness (QED) is 0.0943. The Bertz CT molecular complexity index is 1680. The highest BCUT2D eigenvalue weighted by Crippen LogP contribution is 2.42. The fourth-order valence-electron chi connectivity index (χ4n) is 4.31. The maximum absolute atomic E-state index is 13.7. The van der Waals surface area contributed by atoms with Crippen molar-refractivity contribution in [2.24, 2.45) is 0 Å². The van der Waals surface area contributed by atoms with E-state index in [1.54, 1.807) is 24.3 Å². The Labute approximate surface area is 267 Å². The van der Waals surface area contributed by atoms with Crippen molar-refractivity contribution in [3.8, 4) is 0 Å². The second-order valence-corrected chi connectivity index (χ2v) is 11.8. The zero-order valence-corrected chi connectivity index (χ0v) is 26.1. The van der Waals surface area contributed by atoms with Gasteiger partial charge in [0.1, 0.15) is 5.25 Å². The van der Waals surface area contributed by atoms with Gasteiger partial charge in [-0.05, 0) is 48.2 Å². The molecule has 1 unspecified atom stereocenters. The van der Waals surface area contributed by atoms with Crippen molar-refractivity contribution >= 4 is 87.3 Å². The summed E-state index contributed by atoms with van der Waals surface area (Å²) < 4.78 is 0. The third-order valence-electron chi connectivity index (χ3n) is 6.38. The van der Waals surface area contributed by atoms with Crippen molar-refractivity contribution in [2.45, 2.75) is 30.4 Å². The number of carbonyl (C=O) groups is 3. The van der Waals surface area contributed by atoms with Gasteiger partial charge in [-0.3, -0.25) is 9.59 Å². The summed E-state index contributed by atoms with van der Waals surface area (Å²) in [5, 5.41) is 13.6. The van der Waals surface area contributed by atoms with E-state index < -0.39 is 33.3 Å². The predicted octanol–water partition coefficient (Wildman–Crippen LogP) is 9.59. The molecule has 0 heterocycles. The zero-order chi connectivity index (χ0) is 30.6. The van der Waals surface area contributed by atoms with Crippen LogP contribution in [-0.2, 0) is 11.2 Å². The molecule has 0 aliphatic rings. The van der Waals surface area contributed by atoms with Crippen LogP contribution in [0.15, 0.2) is 77.7 Å². The summed E-state index contributed by atoms with van der Waals surface area (Å²) in [6.45, 7) is 3.99. The Morgan fingerprint density at radius 3 is 2.10 bits per heavy atom. The first kappa shape index (κ1) is 31.7. The van der Waals surface area contributed by atoms with E-state index in [4.69, 9.17) is 46.4 Å². The molecule has 4 aromatic rings. The van der Waals surface area contributed by atoms with Crippen LogP contribution in [0.25, 0.3) is 0 Å². The molecule has 11 heteroatoms. The fraction of sp³-hybridized carbons (Fsp3) is 0.129. The maximum Gasteiger partial charge on any atom is 0.338 e. The van der Waals surface area contributed by atoms with Crippen LogP contribution >= 0.6 is 58.2 Å². The third kappa shape index (κ3) is 6.88. The first-order valence-electron chi connectivity index (χ1n) is 12.6. The van der Waals surface area contributed by atoms with E-state index in [0.717, 1.165) is 28.8 Å². The molecule has 0 aliphatic heterocycles. The second kappa shape index (κ2) is 13.8. The van der Waals surface area contributed by atoms with Crippen LogP contribution in [-0.4, -0.2) is 22.9 Å². The van der Waals surface area contributed by atoms with Crippen LogP contribution in [0.1, 0.15) is 49.6 Å². The van der Waals surface area contributed by atoms with Crippen LogP contribution in [0.5, 0.6) is 0 Å². The predicted molar refractivity (Wildman–Crippen MR) is 172 cm³/mol. The maximum atomic E-state index is 13.7. The standard InChI is InChI=1S/C31H24Cl4N2O4S/c1-3-17-12-7-9-16(2)27(17)37-30(39)28(18-10-5-4-6-11-18)42-20-14-8-13-19(15-20)36-29(38)21-22(31(40)41)24(33)26(35)25(34)23(21)32/h4-15,28H,3H2,1-2H3,(H,36,38)(H,37,39)(H,40,41). The number of para-hydroxylation sites is 1. The molecule has 42 heavy (non-hydrogen) atoms. The Balaban J connectivity index is 1.64. The number of carboxylic acid groups (broad SMARTS) is 1. The summed E-state index contributed by atoms with van der Waals surface area (Å²) in [5.74, 6) is -2.54. The number of aryl methyl sites for hydroxylation is 2. The molecule has 0 saturated heterocycles. The fourth-order valence-corrected chi connectivity index (χ4v) is 6.42. The van der Waals surface area contributed by atoms with Crippen LogP contribution < -0.4 is 10.6 Å². The van der Waals surface area contributed by atoms with Crippen LogP contribution in [0.4, 0.5) is 11.4 Å². The van der Waals surface area contributed by atoms with Crippen molar-refractivity contribution in [3.63, 3.8) is 0 Å². The number of halogens is 4. The molecule has 2 amide bonds. The van der Waals surface area contributed by atoms with Gasteiger partial charge in [-0.1, -0.05) is 108 Å². The lowest BCUT2D eigenvalue weighted by atomic mass is 10.1. The molecule has 0 aromatic heterocycles. The van der Waals surface area contributed by atoms with Gasteiger partial charge < -0.3 is 15.7 Å². The van der Waals surface area contributed by atoms with Gasteiger partial charge in [-0.2, -0.15) is 0 Å². The largest absolute Gasteiger partial charge is 0.478 e. The lowest BCUT2D eigenvalue weighted by Crippen LogP contribution is -2.20. The minimum absolute atomic E-state index is 0.201. The topological polar surface area (TPSA) is 95.5 Å². The van der Waals surface area contributed by atoms with Crippen molar-refractivity contribution < 1.29 is 19.5 Å². The van der Waals surface area contributed by atoms with Crippen molar-refractivity contribution in [1.82, 2.24) is 0 Å². The van der Waals surface area contributed by atoms with Gasteiger partial charge in [-0.15, -0.1) is 11.8 Å². The number of hydrogen-bond acceptors (Lipinski definition) is 4. The first-order valence-corrected chi connectivity index (χ1v) is 15.0. The van der Waals surface area contributed by atoms with Gasteiger partial charge >= 0.3 is 5.97 Å². The number of benzene rings is 4. The highest BCUT2D eigenvalue weighted by atomic mass is 35.5. The molecule has 0 aliphatic carbocycles. The molecule has 0 spiro atoms. The molecule has 6 nitrogen and oxygen atoms in total. The molecule has 0 saturated carbocycles. The Kier molecular flexibility index (Phi) is 10.5. The molecule has 216 valence electrons. The Morgan fingerprint density at radius 1 is 0.810 bits per heavy atom. The highest BCUT2D eigenvalue weighted by Gasteiger charge is 2.29. The molecular weight excluding hydrogens is 638 g/mol. The number of carbonyl (C=O) groups excluding carboxylic acids is 2. The van der Waals surface area contributed by atoms with E-state index >= 15 is 0 Å². The third-order valence-corrected chi connectivity index (χ3v) is 9.43. The van der Waals surface area contributed by atoms with Gasteiger partial charge in [0.15, 0.2) is 0 Å². The first-order chi connectivity index (χ1) is 20.0.